The van der Waals surface area contributed by atoms with Gasteiger partial charge in [0.15, 0.2) is 0 Å². The van der Waals surface area contributed by atoms with Crippen LogP contribution in [0.4, 0.5) is 17.1 Å². The Bertz CT molecular complexity index is 1610. The molecule has 0 aromatic heterocycles. The van der Waals surface area contributed by atoms with E-state index in [0.717, 1.165) is 11.1 Å². The first kappa shape index (κ1) is 27.1. The lowest BCUT2D eigenvalue weighted by atomic mass is 10.1. The molecule has 0 amide bonds. The average molecular weight is 548 g/mol. The number of ether oxygens (including phenoxy) is 2. The topological polar surface area (TPSA) is 137 Å². The van der Waals surface area contributed by atoms with Crippen LogP contribution >= 0.6 is 0 Å². The molecular formula is C28H25N3O7S. The van der Waals surface area contributed by atoms with Crippen molar-refractivity contribution in [3.8, 4) is 11.5 Å². The smallest absolute Gasteiger partial charge is 0.340 e. The predicted molar refractivity (Wildman–Crippen MR) is 147 cm³/mol. The molecule has 0 bridgehead atoms. The van der Waals surface area contributed by atoms with Gasteiger partial charge in [-0.2, -0.15) is 0 Å². The molecule has 39 heavy (non-hydrogen) atoms. The summed E-state index contributed by atoms with van der Waals surface area (Å²) >= 11 is 0. The maximum Gasteiger partial charge on any atom is 0.340 e. The van der Waals surface area contributed by atoms with Crippen LogP contribution in [0.1, 0.15) is 21.5 Å². The van der Waals surface area contributed by atoms with Crippen molar-refractivity contribution in [3.05, 3.63) is 118 Å². The number of nitrogens with zero attached hydrogens (tertiary/aromatic N) is 1. The Labute approximate surface area is 225 Å². The molecular weight excluding hydrogens is 522 g/mol. The monoisotopic (exact) mass is 547 g/mol. The molecule has 0 aliphatic rings. The summed E-state index contributed by atoms with van der Waals surface area (Å²) in [5.74, 6) is -0.326. The third-order valence-corrected chi connectivity index (χ3v) is 7.08. The van der Waals surface area contributed by atoms with E-state index in [1.54, 1.807) is 12.1 Å². The molecule has 4 aromatic carbocycles. The molecule has 0 unspecified atom stereocenters. The Hall–Kier alpha value is -4.90. The van der Waals surface area contributed by atoms with Crippen LogP contribution in [0.3, 0.4) is 0 Å². The van der Waals surface area contributed by atoms with E-state index in [-0.39, 0.29) is 39.0 Å². The molecule has 0 spiro atoms. The van der Waals surface area contributed by atoms with Crippen molar-refractivity contribution in [2.45, 2.75) is 18.4 Å². The first-order valence-electron chi connectivity index (χ1n) is 11.7. The third-order valence-electron chi connectivity index (χ3n) is 5.70. The summed E-state index contributed by atoms with van der Waals surface area (Å²) in [6.07, 6.45) is 0. The van der Waals surface area contributed by atoms with Gasteiger partial charge in [-0.25, -0.2) is 13.2 Å². The fourth-order valence-corrected chi connectivity index (χ4v) is 4.76. The molecule has 11 heteroatoms. The van der Waals surface area contributed by atoms with Crippen LogP contribution in [0, 0.1) is 17.0 Å². The van der Waals surface area contributed by atoms with Gasteiger partial charge in [0, 0.05) is 18.7 Å². The van der Waals surface area contributed by atoms with Crippen molar-refractivity contribution in [2.24, 2.45) is 0 Å². The van der Waals surface area contributed by atoms with Crippen LogP contribution in [0.25, 0.3) is 0 Å². The molecule has 0 fully saturated rings. The van der Waals surface area contributed by atoms with Gasteiger partial charge in [0.25, 0.3) is 15.7 Å². The van der Waals surface area contributed by atoms with Gasteiger partial charge in [-0.1, -0.05) is 48.0 Å². The van der Waals surface area contributed by atoms with Gasteiger partial charge < -0.3 is 14.8 Å². The number of benzene rings is 4. The molecule has 0 atom stereocenters. The third kappa shape index (κ3) is 6.70. The Morgan fingerprint density at radius 3 is 2.23 bits per heavy atom. The van der Waals surface area contributed by atoms with Crippen molar-refractivity contribution >= 4 is 33.1 Å². The van der Waals surface area contributed by atoms with Gasteiger partial charge in [-0.05, 0) is 48.9 Å². The van der Waals surface area contributed by atoms with Crippen molar-refractivity contribution in [3.63, 3.8) is 0 Å². The standard InChI is InChI=1S/C28H25N3O7S/c1-19-8-12-23(13-9-19)39(35,36)30-25-14-10-21(16-24(25)28(32)37-2)38-22-11-15-27(31(33)34)26(17-22)29-18-20-6-4-3-5-7-20/h3-17,29-30H,18H2,1-2H3. The summed E-state index contributed by atoms with van der Waals surface area (Å²) in [5.41, 5.74) is 1.88. The Kier molecular flexibility index (Phi) is 8.11. The molecule has 0 saturated carbocycles. The number of nitrogens with one attached hydrogen (secondary N) is 2. The maximum absolute atomic E-state index is 12.9. The lowest BCUT2D eigenvalue weighted by molar-refractivity contribution is -0.384. The number of hydrogen-bond acceptors (Lipinski definition) is 8. The van der Waals surface area contributed by atoms with Crippen LogP contribution in [0.15, 0.2) is 95.9 Å². The van der Waals surface area contributed by atoms with Crippen LogP contribution in [-0.4, -0.2) is 26.4 Å². The average Bonchev–Trinajstić information content (AvgIpc) is 2.93. The SMILES string of the molecule is COC(=O)c1cc(Oc2ccc([N+](=O)[O-])c(NCc3ccccc3)c2)ccc1NS(=O)(=O)c1ccc(C)cc1. The molecule has 4 aromatic rings. The lowest BCUT2D eigenvalue weighted by Gasteiger charge is -2.14. The van der Waals surface area contributed by atoms with Crippen molar-refractivity contribution in [2.75, 3.05) is 17.1 Å². The van der Waals surface area contributed by atoms with E-state index in [9.17, 15) is 23.3 Å². The summed E-state index contributed by atoms with van der Waals surface area (Å²) in [7, 11) is -2.81. The highest BCUT2D eigenvalue weighted by molar-refractivity contribution is 7.92. The molecule has 10 nitrogen and oxygen atoms in total. The van der Waals surface area contributed by atoms with Gasteiger partial charge >= 0.3 is 5.97 Å². The van der Waals surface area contributed by atoms with E-state index in [2.05, 4.69) is 10.0 Å². The number of anilines is 2. The van der Waals surface area contributed by atoms with Gasteiger partial charge in [-0.3, -0.25) is 14.8 Å². The van der Waals surface area contributed by atoms with E-state index in [4.69, 9.17) is 9.47 Å². The molecule has 0 radical (unpaired) electrons. The molecule has 200 valence electrons. The molecule has 0 saturated heterocycles. The number of methoxy groups -OCH3 is 1. The van der Waals surface area contributed by atoms with Crippen LogP contribution < -0.4 is 14.8 Å². The summed E-state index contributed by atoms with van der Waals surface area (Å²) in [6, 6.07) is 24.1. The number of carbonyl (C=O) groups is 1. The molecule has 4 rings (SSSR count). The Morgan fingerprint density at radius 2 is 1.56 bits per heavy atom. The number of aryl methyl sites for hydroxylation is 1. The minimum Gasteiger partial charge on any atom is -0.465 e. The number of carbonyl (C=O) groups excluding carboxylic acids is 1. The number of hydrogen-bond donors (Lipinski definition) is 2. The normalized spacial score (nSPS) is 10.9. The molecule has 2 N–H and O–H groups in total. The summed E-state index contributed by atoms with van der Waals surface area (Å²) in [6.45, 7) is 2.19. The first-order valence-corrected chi connectivity index (χ1v) is 13.2. The zero-order valence-electron chi connectivity index (χ0n) is 21.1. The summed E-state index contributed by atoms with van der Waals surface area (Å²) in [4.78, 5) is 23.6. The summed E-state index contributed by atoms with van der Waals surface area (Å²) in [5, 5.41) is 14.6. The number of esters is 1. The quantitative estimate of drug-likeness (QED) is 0.142. The number of nitro benzene ring substituents is 1. The van der Waals surface area contributed by atoms with E-state index >= 15 is 0 Å². The highest BCUT2D eigenvalue weighted by Crippen LogP contribution is 2.33. The van der Waals surface area contributed by atoms with Crippen LogP contribution in [-0.2, 0) is 21.3 Å². The number of nitro groups is 1. The second-order valence-corrected chi connectivity index (χ2v) is 10.2. The fourth-order valence-electron chi connectivity index (χ4n) is 3.68. The van der Waals surface area contributed by atoms with Crippen LogP contribution in [0.5, 0.6) is 11.5 Å². The minimum atomic E-state index is -3.98. The highest BCUT2D eigenvalue weighted by Gasteiger charge is 2.21. The largest absolute Gasteiger partial charge is 0.465 e. The zero-order chi connectivity index (χ0) is 28.0. The second-order valence-electron chi connectivity index (χ2n) is 8.49. The van der Waals surface area contributed by atoms with E-state index in [1.807, 2.05) is 37.3 Å². The fraction of sp³-hybridized carbons (Fsp3) is 0.107. The minimum absolute atomic E-state index is 0.00342. The number of sulfonamides is 1. The second kappa shape index (κ2) is 11.7. The van der Waals surface area contributed by atoms with Gasteiger partial charge in [-0.15, -0.1) is 0 Å². The van der Waals surface area contributed by atoms with Crippen molar-refractivity contribution < 1.29 is 27.6 Å². The van der Waals surface area contributed by atoms with E-state index < -0.39 is 20.9 Å². The Morgan fingerprint density at radius 1 is 0.897 bits per heavy atom. The van der Waals surface area contributed by atoms with Crippen molar-refractivity contribution in [1.82, 2.24) is 0 Å². The summed E-state index contributed by atoms with van der Waals surface area (Å²) < 4.78 is 38.9. The first-order chi connectivity index (χ1) is 18.7. The van der Waals surface area contributed by atoms with Crippen LogP contribution in [0.2, 0.25) is 0 Å². The van der Waals surface area contributed by atoms with E-state index in [1.165, 1.54) is 55.6 Å². The lowest BCUT2D eigenvalue weighted by Crippen LogP contribution is -2.16. The highest BCUT2D eigenvalue weighted by atomic mass is 32.2. The maximum atomic E-state index is 12.9. The molecule has 0 aliphatic heterocycles. The Balaban J connectivity index is 1.60. The molecule has 0 heterocycles. The van der Waals surface area contributed by atoms with Gasteiger partial charge in [0.05, 0.1) is 28.2 Å². The van der Waals surface area contributed by atoms with Crippen molar-refractivity contribution in [1.29, 1.82) is 0 Å². The zero-order valence-corrected chi connectivity index (χ0v) is 21.9. The predicted octanol–water partition coefficient (Wildman–Crippen LogP) is 5.90. The van der Waals surface area contributed by atoms with Gasteiger partial charge in [0.1, 0.15) is 17.2 Å². The van der Waals surface area contributed by atoms with E-state index in [0.29, 0.717) is 6.54 Å². The van der Waals surface area contributed by atoms with Gasteiger partial charge in [0.2, 0.25) is 0 Å². The number of rotatable bonds is 10. The molecule has 0 aliphatic carbocycles.